The van der Waals surface area contributed by atoms with Gasteiger partial charge in [-0.25, -0.2) is 14.1 Å². The summed E-state index contributed by atoms with van der Waals surface area (Å²) in [5.74, 6) is -0.160. The van der Waals surface area contributed by atoms with E-state index < -0.39 is 17.8 Å². The Hall–Kier alpha value is -3.40. The second kappa shape index (κ2) is 9.22. The smallest absolute Gasteiger partial charge is 0.416 e. The minimum absolute atomic E-state index is 0.0798. The lowest BCUT2D eigenvalue weighted by Crippen LogP contribution is -2.28. The van der Waals surface area contributed by atoms with E-state index in [0.29, 0.717) is 11.4 Å². The molecule has 0 aliphatic heterocycles. The number of thiol groups is 1. The molecule has 33 heavy (non-hydrogen) atoms. The van der Waals surface area contributed by atoms with E-state index >= 15 is 0 Å². The van der Waals surface area contributed by atoms with E-state index in [2.05, 4.69) is 23.1 Å². The van der Waals surface area contributed by atoms with Gasteiger partial charge in [0.2, 0.25) is 5.88 Å². The molecule has 0 atom stereocenters. The summed E-state index contributed by atoms with van der Waals surface area (Å²) in [7, 11) is 0. The van der Waals surface area contributed by atoms with Crippen molar-refractivity contribution >= 4 is 35.9 Å². The van der Waals surface area contributed by atoms with Crippen molar-refractivity contribution in [2.24, 2.45) is 0 Å². The minimum atomic E-state index is -4.52. The summed E-state index contributed by atoms with van der Waals surface area (Å²) in [4.78, 5) is 16.8. The number of carbonyl (C=O) groups excluding carboxylic acids is 1. The second-order valence-electron chi connectivity index (χ2n) is 8.25. The first kappa shape index (κ1) is 24.2. The van der Waals surface area contributed by atoms with Gasteiger partial charge in [-0.15, -0.1) is 0 Å². The van der Waals surface area contributed by atoms with Crippen LogP contribution in [0.5, 0.6) is 11.6 Å². The number of carbonyl (C=O) groups is 1. The molecule has 2 amide bonds. The summed E-state index contributed by atoms with van der Waals surface area (Å²) >= 11 is 4.25. The summed E-state index contributed by atoms with van der Waals surface area (Å²) < 4.78 is 45.5. The predicted molar refractivity (Wildman–Crippen MR) is 126 cm³/mol. The molecule has 6 nitrogen and oxygen atoms in total. The summed E-state index contributed by atoms with van der Waals surface area (Å²) in [6.45, 7) is 6.13. The number of halogens is 3. The van der Waals surface area contributed by atoms with Crippen LogP contribution >= 0.6 is 12.8 Å². The van der Waals surface area contributed by atoms with Gasteiger partial charge in [0.25, 0.3) is 0 Å². The number of ether oxygens (including phenoxy) is 1. The van der Waals surface area contributed by atoms with E-state index in [-0.39, 0.29) is 22.7 Å². The number of aromatic nitrogens is 1. The van der Waals surface area contributed by atoms with E-state index in [1.165, 1.54) is 24.4 Å². The van der Waals surface area contributed by atoms with Gasteiger partial charge < -0.3 is 15.8 Å². The SMILES string of the molecule is CC(C)(C)c1ccc(N(S)C(=O)Nc2cccnc2Oc2cccc(C(F)(F)F)c2)c(N)c1. The Bertz CT molecular complexity index is 1160. The third-order valence-corrected chi connectivity index (χ3v) is 5.10. The molecule has 0 fully saturated rings. The minimum Gasteiger partial charge on any atom is -0.437 e. The zero-order valence-corrected chi connectivity index (χ0v) is 19.0. The average molecular weight is 477 g/mol. The monoisotopic (exact) mass is 476 g/mol. The average Bonchev–Trinajstić information content (AvgIpc) is 2.73. The molecule has 3 N–H and O–H groups in total. The van der Waals surface area contributed by atoms with Crippen LogP contribution in [0.2, 0.25) is 0 Å². The molecule has 3 rings (SSSR count). The van der Waals surface area contributed by atoms with E-state index in [4.69, 9.17) is 10.5 Å². The van der Waals surface area contributed by atoms with Crippen LogP contribution in [0.1, 0.15) is 31.9 Å². The maximum absolute atomic E-state index is 13.0. The van der Waals surface area contributed by atoms with Crippen molar-refractivity contribution in [3.8, 4) is 11.6 Å². The third kappa shape index (κ3) is 5.89. The van der Waals surface area contributed by atoms with Gasteiger partial charge in [-0.2, -0.15) is 13.2 Å². The predicted octanol–water partition coefficient (Wildman–Crippen LogP) is 6.66. The van der Waals surface area contributed by atoms with Crippen LogP contribution in [0, 0.1) is 0 Å². The van der Waals surface area contributed by atoms with Gasteiger partial charge in [-0.05, 0) is 53.4 Å². The van der Waals surface area contributed by atoms with Gasteiger partial charge in [0, 0.05) is 6.20 Å². The number of rotatable bonds is 4. The van der Waals surface area contributed by atoms with Crippen LogP contribution in [0.25, 0.3) is 0 Å². The number of benzene rings is 2. The Balaban J connectivity index is 1.80. The van der Waals surface area contributed by atoms with Crippen molar-refractivity contribution in [1.29, 1.82) is 0 Å². The zero-order valence-electron chi connectivity index (χ0n) is 18.1. The molecule has 2 aromatic carbocycles. The van der Waals surface area contributed by atoms with E-state index in [9.17, 15) is 18.0 Å². The van der Waals surface area contributed by atoms with Crippen molar-refractivity contribution in [2.75, 3.05) is 15.4 Å². The molecule has 0 bridgehead atoms. The van der Waals surface area contributed by atoms with Crippen molar-refractivity contribution in [1.82, 2.24) is 4.98 Å². The number of nitrogen functional groups attached to an aromatic ring is 1. The van der Waals surface area contributed by atoms with Crippen molar-refractivity contribution < 1.29 is 22.7 Å². The molecule has 1 heterocycles. The lowest BCUT2D eigenvalue weighted by Gasteiger charge is -2.23. The number of urea groups is 1. The first-order valence-corrected chi connectivity index (χ1v) is 10.3. The first-order valence-electron chi connectivity index (χ1n) is 9.86. The van der Waals surface area contributed by atoms with Gasteiger partial charge in [0.1, 0.15) is 11.4 Å². The lowest BCUT2D eigenvalue weighted by molar-refractivity contribution is -0.137. The van der Waals surface area contributed by atoms with Gasteiger partial charge in [0.05, 0.1) is 16.9 Å². The first-order chi connectivity index (χ1) is 15.4. The summed E-state index contributed by atoms with van der Waals surface area (Å²) in [6.07, 6.45) is -3.13. The maximum Gasteiger partial charge on any atom is 0.416 e. The molecule has 0 saturated heterocycles. The van der Waals surface area contributed by atoms with Gasteiger partial charge in [-0.1, -0.05) is 45.7 Å². The fourth-order valence-corrected chi connectivity index (χ4v) is 3.14. The topological polar surface area (TPSA) is 80.5 Å². The van der Waals surface area contributed by atoms with Gasteiger partial charge >= 0.3 is 12.2 Å². The Morgan fingerprint density at radius 1 is 1.06 bits per heavy atom. The number of nitrogens with two attached hydrogens (primary N) is 1. The molecule has 3 aromatic rings. The summed E-state index contributed by atoms with van der Waals surface area (Å²) in [6, 6.07) is 12.1. The Morgan fingerprint density at radius 3 is 2.42 bits per heavy atom. The Kier molecular flexibility index (Phi) is 6.78. The van der Waals surface area contributed by atoms with Crippen LogP contribution in [-0.2, 0) is 11.6 Å². The number of nitrogens with one attached hydrogen (secondary N) is 1. The molecular formula is C23H23F3N4O2S. The van der Waals surface area contributed by atoms with Crippen LogP contribution in [0.4, 0.5) is 35.0 Å². The molecule has 0 aliphatic rings. The quantitative estimate of drug-likeness (QED) is 0.291. The molecular weight excluding hydrogens is 453 g/mol. The lowest BCUT2D eigenvalue weighted by atomic mass is 9.86. The fraction of sp³-hybridized carbons (Fsp3) is 0.217. The highest BCUT2D eigenvalue weighted by molar-refractivity contribution is 7.82. The third-order valence-electron chi connectivity index (χ3n) is 4.70. The number of amides is 2. The number of alkyl halides is 3. The molecule has 1 aromatic heterocycles. The second-order valence-corrected chi connectivity index (χ2v) is 8.65. The van der Waals surface area contributed by atoms with Gasteiger partial charge in [-0.3, -0.25) is 0 Å². The Morgan fingerprint density at radius 2 is 1.79 bits per heavy atom. The van der Waals surface area contributed by atoms with E-state index in [1.807, 2.05) is 26.8 Å². The molecule has 10 heteroatoms. The van der Waals surface area contributed by atoms with Crippen molar-refractivity contribution in [3.05, 3.63) is 71.9 Å². The molecule has 0 spiro atoms. The van der Waals surface area contributed by atoms with E-state index in [0.717, 1.165) is 22.0 Å². The molecule has 174 valence electrons. The van der Waals surface area contributed by atoms with Gasteiger partial charge in [0.15, 0.2) is 0 Å². The number of pyridine rings is 1. The number of nitrogens with zero attached hydrogens (tertiary/aromatic N) is 2. The summed E-state index contributed by atoms with van der Waals surface area (Å²) in [5, 5.41) is 2.59. The molecule has 0 aliphatic carbocycles. The standard InChI is InChI=1S/C23H23F3N4O2S/c1-22(2,3)14-9-10-19(17(27)13-14)30(33)21(31)29-18-8-5-11-28-20(18)32-16-7-4-6-15(12-16)23(24,25)26/h4-13,33H,27H2,1-3H3,(H,29,31). The number of hydrogen-bond acceptors (Lipinski definition) is 5. The molecule has 0 radical (unpaired) electrons. The zero-order chi connectivity index (χ0) is 24.4. The number of anilines is 3. The van der Waals surface area contributed by atoms with E-state index in [1.54, 1.807) is 18.2 Å². The Labute approximate surface area is 195 Å². The summed E-state index contributed by atoms with van der Waals surface area (Å²) in [5.41, 5.74) is 7.01. The van der Waals surface area contributed by atoms with Crippen LogP contribution in [0.15, 0.2) is 60.8 Å². The molecule has 0 saturated carbocycles. The molecule has 0 unspecified atom stereocenters. The highest BCUT2D eigenvalue weighted by atomic mass is 32.1. The highest BCUT2D eigenvalue weighted by Crippen LogP contribution is 2.35. The highest BCUT2D eigenvalue weighted by Gasteiger charge is 2.30. The van der Waals surface area contributed by atoms with Crippen LogP contribution < -0.4 is 20.1 Å². The van der Waals surface area contributed by atoms with Crippen LogP contribution in [0.3, 0.4) is 0 Å². The normalized spacial score (nSPS) is 11.7. The van der Waals surface area contributed by atoms with Crippen molar-refractivity contribution in [2.45, 2.75) is 32.4 Å². The van der Waals surface area contributed by atoms with Crippen LogP contribution in [-0.4, -0.2) is 11.0 Å². The van der Waals surface area contributed by atoms with Crippen molar-refractivity contribution in [3.63, 3.8) is 0 Å². The number of hydrogen-bond donors (Lipinski definition) is 3. The fourth-order valence-electron chi connectivity index (χ4n) is 2.91. The largest absolute Gasteiger partial charge is 0.437 e. The maximum atomic E-state index is 13.0.